The van der Waals surface area contributed by atoms with E-state index in [2.05, 4.69) is 33.5 Å². The number of hydrogen-bond acceptors (Lipinski definition) is 7. The molecule has 2 aromatic carbocycles. The molecule has 0 radical (unpaired) electrons. The van der Waals surface area contributed by atoms with Gasteiger partial charge in [0.25, 0.3) is 5.56 Å². The minimum absolute atomic E-state index is 0.0461. The highest BCUT2D eigenvalue weighted by molar-refractivity contribution is 5.83. The molecule has 0 bridgehead atoms. The van der Waals surface area contributed by atoms with Gasteiger partial charge in [0, 0.05) is 30.8 Å². The number of benzene rings is 2. The number of hydrogen-bond donors (Lipinski definition) is 2. The van der Waals surface area contributed by atoms with Crippen LogP contribution in [0.5, 0.6) is 0 Å². The van der Waals surface area contributed by atoms with Crippen LogP contribution in [0.1, 0.15) is 24.5 Å². The highest BCUT2D eigenvalue weighted by Crippen LogP contribution is 2.24. The fraction of sp³-hybridized carbons (Fsp3) is 0.259. The number of aromatic nitrogens is 2. The lowest BCUT2D eigenvalue weighted by atomic mass is 10.0. The summed E-state index contributed by atoms with van der Waals surface area (Å²) in [5.41, 5.74) is 3.30. The Morgan fingerprint density at radius 2 is 2.00 bits per heavy atom. The maximum absolute atomic E-state index is 12.9. The van der Waals surface area contributed by atoms with E-state index < -0.39 is 0 Å². The van der Waals surface area contributed by atoms with Crippen molar-refractivity contribution in [2.75, 3.05) is 18.0 Å². The van der Waals surface area contributed by atoms with Crippen molar-refractivity contribution in [2.45, 2.75) is 32.4 Å². The first-order valence-corrected chi connectivity index (χ1v) is 11.8. The van der Waals surface area contributed by atoms with Crippen LogP contribution in [0.4, 0.5) is 5.95 Å². The lowest BCUT2D eigenvalue weighted by Crippen LogP contribution is -2.49. The van der Waals surface area contributed by atoms with Gasteiger partial charge in [-0.15, -0.1) is 0 Å². The Morgan fingerprint density at radius 3 is 2.83 bits per heavy atom. The van der Waals surface area contributed by atoms with Gasteiger partial charge >= 0.3 is 0 Å². The molecule has 35 heavy (non-hydrogen) atoms. The fourth-order valence-corrected chi connectivity index (χ4v) is 4.48. The average Bonchev–Trinajstić information content (AvgIpc) is 2.89. The van der Waals surface area contributed by atoms with Crippen LogP contribution in [0.2, 0.25) is 0 Å². The first kappa shape index (κ1) is 22.4. The predicted octanol–water partition coefficient (Wildman–Crippen LogP) is 3.01. The second kappa shape index (κ2) is 9.85. The van der Waals surface area contributed by atoms with Crippen LogP contribution in [0.3, 0.4) is 0 Å². The lowest BCUT2D eigenvalue weighted by Gasteiger charge is -2.34. The Morgan fingerprint density at radius 1 is 1.14 bits per heavy atom. The molecule has 1 aromatic heterocycles. The third-order valence-electron chi connectivity index (χ3n) is 6.11. The fourth-order valence-electron chi connectivity index (χ4n) is 4.48. The quantitative estimate of drug-likeness (QED) is 0.601. The molecule has 0 saturated heterocycles. The number of nitriles is 1. The molecule has 0 fully saturated rings. The van der Waals surface area contributed by atoms with E-state index in [1.54, 1.807) is 10.6 Å². The van der Waals surface area contributed by atoms with Crippen molar-refractivity contribution in [1.29, 1.82) is 5.26 Å². The van der Waals surface area contributed by atoms with Crippen LogP contribution in [-0.4, -0.2) is 34.6 Å². The highest BCUT2D eigenvalue weighted by Gasteiger charge is 2.25. The Balaban J connectivity index is 1.33. The second-order valence-electron chi connectivity index (χ2n) is 8.77. The zero-order valence-electron chi connectivity index (χ0n) is 19.6. The molecular formula is C27H27N7O. The SMILES string of the molecule is CC(Cc1cccc(C#N)c1)NC1=NCC=C(N2CCCn3c2nc(-c2ccccc2)cc3=O)N1. The molecule has 8 nitrogen and oxygen atoms in total. The molecule has 3 aromatic rings. The number of fused-ring (bicyclic) bond motifs is 1. The maximum Gasteiger partial charge on any atom is 0.255 e. The summed E-state index contributed by atoms with van der Waals surface area (Å²) in [6, 6.07) is 21.3. The first-order chi connectivity index (χ1) is 17.1. The van der Waals surface area contributed by atoms with E-state index in [0.29, 0.717) is 36.3 Å². The number of anilines is 1. The summed E-state index contributed by atoms with van der Waals surface area (Å²) >= 11 is 0. The van der Waals surface area contributed by atoms with Gasteiger partial charge in [-0.25, -0.2) is 9.98 Å². The van der Waals surface area contributed by atoms with Crippen molar-refractivity contribution >= 4 is 11.9 Å². The zero-order chi connectivity index (χ0) is 24.2. The predicted molar refractivity (Wildman–Crippen MR) is 137 cm³/mol. The molecular weight excluding hydrogens is 438 g/mol. The van der Waals surface area contributed by atoms with Crippen molar-refractivity contribution in [1.82, 2.24) is 20.2 Å². The van der Waals surface area contributed by atoms with Crippen LogP contribution in [0, 0.1) is 11.3 Å². The third-order valence-corrected chi connectivity index (χ3v) is 6.11. The number of guanidine groups is 1. The Bertz CT molecular complexity index is 1380. The molecule has 3 heterocycles. The van der Waals surface area contributed by atoms with E-state index in [9.17, 15) is 4.79 Å². The molecule has 0 saturated carbocycles. The lowest BCUT2D eigenvalue weighted by molar-refractivity contribution is 0.545. The van der Waals surface area contributed by atoms with Gasteiger partial charge in [0.05, 0.1) is 23.9 Å². The molecule has 2 aliphatic heterocycles. The molecule has 0 spiro atoms. The molecule has 1 atom stereocenters. The molecule has 5 rings (SSSR count). The molecule has 0 aliphatic carbocycles. The summed E-state index contributed by atoms with van der Waals surface area (Å²) in [7, 11) is 0. The molecule has 0 amide bonds. The Hall–Kier alpha value is -4.38. The summed E-state index contributed by atoms with van der Waals surface area (Å²) in [6.45, 7) is 4.02. The Labute approximate surface area is 204 Å². The van der Waals surface area contributed by atoms with Gasteiger partial charge in [0.15, 0.2) is 5.96 Å². The number of nitrogens with one attached hydrogen (secondary N) is 2. The zero-order valence-corrected chi connectivity index (χ0v) is 19.6. The van der Waals surface area contributed by atoms with E-state index in [1.807, 2.05) is 60.7 Å². The number of aliphatic imine (C=N–C) groups is 1. The van der Waals surface area contributed by atoms with Crippen LogP contribution in [0.25, 0.3) is 11.3 Å². The van der Waals surface area contributed by atoms with Gasteiger partial charge < -0.3 is 10.6 Å². The molecule has 176 valence electrons. The van der Waals surface area contributed by atoms with Crippen molar-refractivity contribution in [3.05, 3.63) is 94.0 Å². The summed E-state index contributed by atoms with van der Waals surface area (Å²) in [4.78, 5) is 24.4. The summed E-state index contributed by atoms with van der Waals surface area (Å²) in [5, 5.41) is 16.0. The summed E-state index contributed by atoms with van der Waals surface area (Å²) < 4.78 is 1.74. The van der Waals surface area contributed by atoms with E-state index in [4.69, 9.17) is 10.2 Å². The van der Waals surface area contributed by atoms with Gasteiger partial charge in [0.2, 0.25) is 5.95 Å². The molecule has 1 unspecified atom stereocenters. The number of rotatable bonds is 5. The van der Waals surface area contributed by atoms with Crippen LogP contribution >= 0.6 is 0 Å². The van der Waals surface area contributed by atoms with E-state index >= 15 is 0 Å². The van der Waals surface area contributed by atoms with Crippen molar-refractivity contribution in [2.24, 2.45) is 4.99 Å². The first-order valence-electron chi connectivity index (χ1n) is 11.8. The van der Waals surface area contributed by atoms with Crippen LogP contribution in [-0.2, 0) is 13.0 Å². The van der Waals surface area contributed by atoms with Gasteiger partial charge in [-0.3, -0.25) is 14.3 Å². The van der Waals surface area contributed by atoms with Gasteiger partial charge in [-0.05, 0) is 43.5 Å². The van der Waals surface area contributed by atoms with E-state index in [1.165, 1.54) is 0 Å². The third kappa shape index (κ3) is 4.94. The van der Waals surface area contributed by atoms with E-state index in [-0.39, 0.29) is 11.6 Å². The monoisotopic (exact) mass is 465 g/mol. The summed E-state index contributed by atoms with van der Waals surface area (Å²) in [5.74, 6) is 2.20. The van der Waals surface area contributed by atoms with E-state index in [0.717, 1.165) is 36.3 Å². The van der Waals surface area contributed by atoms with Crippen LogP contribution < -0.4 is 21.1 Å². The average molecular weight is 466 g/mol. The molecule has 2 N–H and O–H groups in total. The van der Waals surface area contributed by atoms with Gasteiger partial charge in [-0.1, -0.05) is 42.5 Å². The van der Waals surface area contributed by atoms with Crippen molar-refractivity contribution in [3.63, 3.8) is 0 Å². The highest BCUT2D eigenvalue weighted by atomic mass is 16.1. The van der Waals surface area contributed by atoms with Crippen LogP contribution in [0.15, 0.2) is 82.3 Å². The second-order valence-corrected chi connectivity index (χ2v) is 8.77. The van der Waals surface area contributed by atoms with Crippen molar-refractivity contribution in [3.8, 4) is 17.3 Å². The molecule has 8 heteroatoms. The minimum atomic E-state index is -0.0461. The van der Waals surface area contributed by atoms with Crippen molar-refractivity contribution < 1.29 is 0 Å². The largest absolute Gasteiger partial charge is 0.353 e. The number of nitrogens with zero attached hydrogens (tertiary/aromatic N) is 5. The minimum Gasteiger partial charge on any atom is -0.353 e. The Kier molecular flexibility index (Phi) is 6.31. The van der Waals surface area contributed by atoms with Gasteiger partial charge in [-0.2, -0.15) is 5.26 Å². The van der Waals surface area contributed by atoms with Gasteiger partial charge in [0.1, 0.15) is 5.82 Å². The summed E-state index contributed by atoms with van der Waals surface area (Å²) in [6.07, 6.45) is 3.63. The smallest absolute Gasteiger partial charge is 0.255 e. The molecule has 2 aliphatic rings. The maximum atomic E-state index is 12.9. The topological polar surface area (TPSA) is 98.3 Å². The normalized spacial score (nSPS) is 15.7. The standard InChI is InChI=1S/C27H27N7O/c1-19(15-20-7-5-8-21(16-20)18-28)30-26-29-12-11-24(32-26)33-13-6-14-34-25(35)17-23(31-27(33)34)22-9-3-2-4-10-22/h2-5,7-11,16-17,19H,6,12-15H2,1H3,(H2,29,30,32).